The van der Waals surface area contributed by atoms with Gasteiger partial charge in [0.25, 0.3) is 0 Å². The van der Waals surface area contributed by atoms with Crippen LogP contribution in [0.5, 0.6) is 0 Å². The molecule has 2 rings (SSSR count). The van der Waals surface area contributed by atoms with Gasteiger partial charge < -0.3 is 9.57 Å². The van der Waals surface area contributed by atoms with Crippen LogP contribution in [-0.4, -0.2) is 26.0 Å². The molecule has 0 saturated carbocycles. The van der Waals surface area contributed by atoms with Crippen LogP contribution in [0.1, 0.15) is 18.1 Å². The Bertz CT molecular complexity index is 684. The molecule has 0 aliphatic carbocycles. The Balaban J connectivity index is 2.08. The van der Waals surface area contributed by atoms with Crippen LogP contribution in [-0.2, 0) is 16.2 Å². The summed E-state index contributed by atoms with van der Waals surface area (Å²) in [5.41, 5.74) is 3.38. The second-order valence-corrected chi connectivity index (χ2v) is 4.97. The van der Waals surface area contributed by atoms with Crippen molar-refractivity contribution >= 4 is 17.5 Å². The SMILES string of the molecule is COC(=O)N(C)c1ccccc1CO/N=C(\C)c1ccccc1. The molecule has 23 heavy (non-hydrogen) atoms. The van der Waals surface area contributed by atoms with E-state index in [1.165, 1.54) is 12.0 Å². The van der Waals surface area contributed by atoms with Gasteiger partial charge in [-0.05, 0) is 18.6 Å². The Morgan fingerprint density at radius 2 is 1.74 bits per heavy atom. The second-order valence-electron chi connectivity index (χ2n) is 4.97. The lowest BCUT2D eigenvalue weighted by Crippen LogP contribution is -2.26. The predicted octanol–water partition coefficient (Wildman–Crippen LogP) is 3.83. The van der Waals surface area contributed by atoms with Gasteiger partial charge in [-0.25, -0.2) is 4.79 Å². The molecule has 0 radical (unpaired) electrons. The zero-order chi connectivity index (χ0) is 16.7. The standard InChI is InChI=1S/C18H20N2O3/c1-14(15-9-5-4-6-10-15)19-23-13-16-11-7-8-12-17(16)20(2)18(21)22-3/h4-12H,13H2,1-3H3/b19-14+. The lowest BCUT2D eigenvalue weighted by molar-refractivity contribution is 0.130. The molecule has 0 aliphatic rings. The second kappa shape index (κ2) is 7.98. The van der Waals surface area contributed by atoms with Gasteiger partial charge in [0.15, 0.2) is 0 Å². The minimum absolute atomic E-state index is 0.266. The third-order valence-electron chi connectivity index (χ3n) is 3.41. The number of anilines is 1. The first kappa shape index (κ1) is 16.5. The summed E-state index contributed by atoms with van der Waals surface area (Å²) >= 11 is 0. The predicted molar refractivity (Wildman–Crippen MR) is 90.7 cm³/mol. The molecule has 0 aliphatic heterocycles. The molecule has 0 spiro atoms. The van der Waals surface area contributed by atoms with Gasteiger partial charge >= 0.3 is 6.09 Å². The van der Waals surface area contributed by atoms with Crippen LogP contribution in [0.25, 0.3) is 0 Å². The van der Waals surface area contributed by atoms with Gasteiger partial charge in [0.05, 0.1) is 18.5 Å². The van der Waals surface area contributed by atoms with Crippen molar-refractivity contribution in [3.05, 3.63) is 65.7 Å². The molecular formula is C18H20N2O3. The molecule has 0 heterocycles. The van der Waals surface area contributed by atoms with Crippen molar-refractivity contribution in [2.24, 2.45) is 5.16 Å². The number of ether oxygens (including phenoxy) is 1. The minimum Gasteiger partial charge on any atom is -0.452 e. The zero-order valence-corrected chi connectivity index (χ0v) is 13.5. The van der Waals surface area contributed by atoms with Gasteiger partial charge in [-0.1, -0.05) is 53.7 Å². The summed E-state index contributed by atoms with van der Waals surface area (Å²) in [5, 5.41) is 4.14. The number of carbonyl (C=O) groups is 1. The highest BCUT2D eigenvalue weighted by Crippen LogP contribution is 2.20. The van der Waals surface area contributed by atoms with E-state index in [-0.39, 0.29) is 6.61 Å². The van der Waals surface area contributed by atoms with Crippen molar-refractivity contribution in [2.75, 3.05) is 19.1 Å². The Morgan fingerprint density at radius 3 is 2.43 bits per heavy atom. The smallest absolute Gasteiger partial charge is 0.413 e. The van der Waals surface area contributed by atoms with Gasteiger partial charge in [0, 0.05) is 12.6 Å². The highest BCUT2D eigenvalue weighted by molar-refractivity contribution is 5.98. The number of benzene rings is 2. The molecule has 0 saturated heterocycles. The largest absolute Gasteiger partial charge is 0.452 e. The van der Waals surface area contributed by atoms with E-state index in [2.05, 4.69) is 5.16 Å². The van der Waals surface area contributed by atoms with E-state index in [1.54, 1.807) is 7.05 Å². The van der Waals surface area contributed by atoms with Crippen molar-refractivity contribution in [1.29, 1.82) is 0 Å². The Labute approximate surface area is 136 Å². The van der Waals surface area contributed by atoms with Gasteiger partial charge in [-0.2, -0.15) is 0 Å². The monoisotopic (exact) mass is 312 g/mol. The number of carbonyl (C=O) groups excluding carboxylic acids is 1. The van der Waals surface area contributed by atoms with Crippen molar-refractivity contribution < 1.29 is 14.4 Å². The van der Waals surface area contributed by atoms with Crippen LogP contribution in [0.3, 0.4) is 0 Å². The molecule has 2 aromatic carbocycles. The molecule has 0 N–H and O–H groups in total. The molecule has 0 atom stereocenters. The molecule has 1 amide bonds. The van der Waals surface area contributed by atoms with Crippen LogP contribution in [0.2, 0.25) is 0 Å². The van der Waals surface area contributed by atoms with Gasteiger partial charge in [-0.3, -0.25) is 4.90 Å². The van der Waals surface area contributed by atoms with Gasteiger partial charge in [-0.15, -0.1) is 0 Å². The third-order valence-corrected chi connectivity index (χ3v) is 3.41. The molecule has 0 aromatic heterocycles. The quantitative estimate of drug-likeness (QED) is 0.623. The summed E-state index contributed by atoms with van der Waals surface area (Å²) < 4.78 is 4.74. The van der Waals surface area contributed by atoms with Crippen LogP contribution in [0.4, 0.5) is 10.5 Å². The number of methoxy groups -OCH3 is 1. The number of oxime groups is 1. The molecule has 2 aromatic rings. The summed E-state index contributed by atoms with van der Waals surface area (Å²) in [6.45, 7) is 2.16. The normalized spacial score (nSPS) is 11.0. The molecule has 0 unspecified atom stereocenters. The summed E-state index contributed by atoms with van der Waals surface area (Å²) in [6, 6.07) is 17.3. The molecule has 0 fully saturated rings. The third kappa shape index (κ3) is 4.32. The number of hydrogen-bond acceptors (Lipinski definition) is 4. The average molecular weight is 312 g/mol. The topological polar surface area (TPSA) is 51.1 Å². The van der Waals surface area contributed by atoms with Crippen LogP contribution >= 0.6 is 0 Å². The van der Waals surface area contributed by atoms with Crippen molar-refractivity contribution in [1.82, 2.24) is 0 Å². The summed E-state index contributed by atoms with van der Waals surface area (Å²) in [4.78, 5) is 18.6. The maximum absolute atomic E-state index is 11.7. The van der Waals surface area contributed by atoms with E-state index in [9.17, 15) is 4.79 Å². The first-order valence-corrected chi connectivity index (χ1v) is 7.25. The highest BCUT2D eigenvalue weighted by atomic mass is 16.6. The van der Waals surface area contributed by atoms with Gasteiger partial charge in [0.1, 0.15) is 6.61 Å². The minimum atomic E-state index is -0.429. The number of nitrogens with zero attached hydrogens (tertiary/aromatic N) is 2. The van der Waals surface area contributed by atoms with Gasteiger partial charge in [0.2, 0.25) is 0 Å². The molecule has 0 bridgehead atoms. The number of hydrogen-bond donors (Lipinski definition) is 0. The molecular weight excluding hydrogens is 292 g/mol. The number of amides is 1. The Morgan fingerprint density at radius 1 is 1.09 bits per heavy atom. The van der Waals surface area contributed by atoms with E-state index in [4.69, 9.17) is 9.57 Å². The molecule has 5 nitrogen and oxygen atoms in total. The number of rotatable bonds is 5. The van der Waals surface area contributed by atoms with E-state index in [0.717, 1.165) is 22.5 Å². The average Bonchev–Trinajstić information content (AvgIpc) is 2.61. The van der Waals surface area contributed by atoms with Crippen molar-refractivity contribution in [3.8, 4) is 0 Å². The Kier molecular flexibility index (Phi) is 5.74. The van der Waals surface area contributed by atoms with E-state index < -0.39 is 6.09 Å². The van der Waals surface area contributed by atoms with Crippen molar-refractivity contribution in [3.63, 3.8) is 0 Å². The summed E-state index contributed by atoms with van der Waals surface area (Å²) in [7, 11) is 3.01. The fourth-order valence-electron chi connectivity index (χ4n) is 2.13. The molecule has 120 valence electrons. The highest BCUT2D eigenvalue weighted by Gasteiger charge is 2.14. The van der Waals surface area contributed by atoms with E-state index in [0.29, 0.717) is 0 Å². The van der Waals surface area contributed by atoms with E-state index >= 15 is 0 Å². The van der Waals surface area contributed by atoms with Crippen molar-refractivity contribution in [2.45, 2.75) is 13.5 Å². The first-order valence-electron chi connectivity index (χ1n) is 7.25. The Hall–Kier alpha value is -2.82. The lowest BCUT2D eigenvalue weighted by Gasteiger charge is -2.18. The zero-order valence-electron chi connectivity index (χ0n) is 13.5. The van der Waals surface area contributed by atoms with E-state index in [1.807, 2.05) is 61.5 Å². The summed E-state index contributed by atoms with van der Waals surface area (Å²) in [5.74, 6) is 0. The summed E-state index contributed by atoms with van der Waals surface area (Å²) in [6.07, 6.45) is -0.429. The fraction of sp³-hybridized carbons (Fsp3) is 0.222. The molecule has 5 heteroatoms. The van der Waals surface area contributed by atoms with Crippen LogP contribution < -0.4 is 4.90 Å². The first-order chi connectivity index (χ1) is 11.1. The lowest BCUT2D eigenvalue weighted by atomic mass is 10.1. The van der Waals surface area contributed by atoms with Crippen LogP contribution in [0, 0.1) is 0 Å². The van der Waals surface area contributed by atoms with Crippen LogP contribution in [0.15, 0.2) is 59.8 Å². The maximum Gasteiger partial charge on any atom is 0.413 e. The maximum atomic E-state index is 11.7. The fourth-order valence-corrected chi connectivity index (χ4v) is 2.13. The number of para-hydroxylation sites is 1.